The molecule has 3 aromatic rings. The maximum atomic E-state index is 12.8. The van der Waals surface area contributed by atoms with Crippen LogP contribution in [0.3, 0.4) is 0 Å². The predicted molar refractivity (Wildman–Crippen MR) is 96.3 cm³/mol. The van der Waals surface area contributed by atoms with Crippen LogP contribution in [0.25, 0.3) is 10.9 Å². The van der Waals surface area contributed by atoms with E-state index in [1.54, 1.807) is 43.4 Å². The maximum Gasteiger partial charge on any atom is 0.365 e. The van der Waals surface area contributed by atoms with Gasteiger partial charge in [0.05, 0.1) is 22.2 Å². The molecule has 2 aromatic carbocycles. The van der Waals surface area contributed by atoms with Gasteiger partial charge in [-0.25, -0.2) is 4.79 Å². The number of fused-ring (bicyclic) bond motifs is 2. The SMILES string of the molecule is Cc1c(C(=O)ON2C(=O)c3ccccc3C2=O)c2ccccc2n(C)c1=O. The number of rotatable bonds is 2. The number of carbonyl (C=O) groups is 3. The number of nitrogens with zero attached hydrogens (tertiary/aromatic N) is 2. The van der Waals surface area contributed by atoms with E-state index in [-0.39, 0.29) is 27.8 Å². The number of para-hydroxylation sites is 1. The summed E-state index contributed by atoms with van der Waals surface area (Å²) in [5.41, 5.74) is 0.732. The Labute approximate surface area is 153 Å². The summed E-state index contributed by atoms with van der Waals surface area (Å²) >= 11 is 0. The number of pyridine rings is 1. The molecule has 0 N–H and O–H groups in total. The average molecular weight is 362 g/mol. The Balaban J connectivity index is 1.79. The monoisotopic (exact) mass is 362 g/mol. The van der Waals surface area contributed by atoms with Crippen molar-refractivity contribution in [1.29, 1.82) is 0 Å². The van der Waals surface area contributed by atoms with Crippen LogP contribution in [-0.4, -0.2) is 27.4 Å². The minimum absolute atomic E-state index is 0.0326. The van der Waals surface area contributed by atoms with Crippen LogP contribution in [0.4, 0.5) is 0 Å². The summed E-state index contributed by atoms with van der Waals surface area (Å²) in [6.07, 6.45) is 0. The highest BCUT2D eigenvalue weighted by Gasteiger charge is 2.39. The summed E-state index contributed by atoms with van der Waals surface area (Å²) in [6, 6.07) is 13.1. The van der Waals surface area contributed by atoms with Crippen molar-refractivity contribution in [1.82, 2.24) is 9.63 Å². The molecule has 0 saturated heterocycles. The quantitative estimate of drug-likeness (QED) is 0.653. The fraction of sp³-hybridized carbons (Fsp3) is 0.100. The van der Waals surface area contributed by atoms with Crippen molar-refractivity contribution in [3.8, 4) is 0 Å². The number of carbonyl (C=O) groups excluding carboxylic acids is 3. The summed E-state index contributed by atoms with van der Waals surface area (Å²) < 4.78 is 1.43. The Bertz CT molecular complexity index is 1170. The van der Waals surface area contributed by atoms with Crippen molar-refractivity contribution in [2.45, 2.75) is 6.92 Å². The molecule has 1 aliphatic heterocycles. The lowest BCUT2D eigenvalue weighted by molar-refractivity contribution is -0.0583. The molecule has 0 fully saturated rings. The van der Waals surface area contributed by atoms with E-state index in [2.05, 4.69) is 0 Å². The van der Waals surface area contributed by atoms with E-state index in [0.717, 1.165) is 0 Å². The van der Waals surface area contributed by atoms with Gasteiger partial charge in [0, 0.05) is 18.0 Å². The highest BCUT2D eigenvalue weighted by atomic mass is 16.7. The van der Waals surface area contributed by atoms with Crippen LogP contribution in [-0.2, 0) is 11.9 Å². The van der Waals surface area contributed by atoms with Gasteiger partial charge in [0.15, 0.2) is 0 Å². The zero-order valence-electron chi connectivity index (χ0n) is 14.6. The minimum atomic E-state index is -0.934. The van der Waals surface area contributed by atoms with E-state index < -0.39 is 17.8 Å². The first-order valence-corrected chi connectivity index (χ1v) is 8.20. The fourth-order valence-corrected chi connectivity index (χ4v) is 3.29. The molecule has 1 aliphatic rings. The van der Waals surface area contributed by atoms with Gasteiger partial charge >= 0.3 is 5.97 Å². The van der Waals surface area contributed by atoms with Gasteiger partial charge in [0.2, 0.25) is 0 Å². The minimum Gasteiger partial charge on any atom is -0.324 e. The summed E-state index contributed by atoms with van der Waals surface area (Å²) in [6.45, 7) is 1.51. The first-order valence-electron chi connectivity index (χ1n) is 8.20. The summed E-state index contributed by atoms with van der Waals surface area (Å²) in [4.78, 5) is 55.2. The molecular weight excluding hydrogens is 348 g/mol. The number of benzene rings is 2. The largest absolute Gasteiger partial charge is 0.365 e. The Morgan fingerprint density at radius 3 is 2.07 bits per heavy atom. The van der Waals surface area contributed by atoms with Gasteiger partial charge in [-0.3, -0.25) is 14.4 Å². The number of aromatic nitrogens is 1. The first-order chi connectivity index (χ1) is 12.9. The van der Waals surface area contributed by atoms with Crippen LogP contribution in [0, 0.1) is 6.92 Å². The lowest BCUT2D eigenvalue weighted by atomic mass is 10.0. The second-order valence-corrected chi connectivity index (χ2v) is 6.21. The number of hydroxylamine groups is 2. The molecule has 0 aliphatic carbocycles. The van der Waals surface area contributed by atoms with Crippen molar-refractivity contribution in [2.24, 2.45) is 7.05 Å². The third-order valence-corrected chi connectivity index (χ3v) is 4.67. The topological polar surface area (TPSA) is 85.7 Å². The highest BCUT2D eigenvalue weighted by molar-refractivity contribution is 6.21. The molecule has 1 aromatic heterocycles. The normalized spacial score (nSPS) is 13.2. The van der Waals surface area contributed by atoms with Gasteiger partial charge in [-0.1, -0.05) is 35.4 Å². The van der Waals surface area contributed by atoms with Crippen LogP contribution in [0.2, 0.25) is 0 Å². The van der Waals surface area contributed by atoms with Crippen molar-refractivity contribution in [3.63, 3.8) is 0 Å². The summed E-state index contributed by atoms with van der Waals surface area (Å²) in [5, 5.41) is 0.942. The number of hydrogen-bond acceptors (Lipinski definition) is 5. The summed E-state index contributed by atoms with van der Waals surface area (Å²) in [5.74, 6) is -2.36. The van der Waals surface area contributed by atoms with E-state index >= 15 is 0 Å². The Kier molecular flexibility index (Phi) is 3.66. The Hall–Kier alpha value is -3.74. The third kappa shape index (κ3) is 2.36. The molecule has 0 bridgehead atoms. The summed E-state index contributed by atoms with van der Waals surface area (Å²) in [7, 11) is 1.61. The van der Waals surface area contributed by atoms with Crippen LogP contribution < -0.4 is 5.56 Å². The zero-order valence-corrected chi connectivity index (χ0v) is 14.6. The number of amides is 2. The maximum absolute atomic E-state index is 12.8. The van der Waals surface area contributed by atoms with Crippen LogP contribution in [0.15, 0.2) is 53.3 Å². The van der Waals surface area contributed by atoms with E-state index in [4.69, 9.17) is 4.84 Å². The second-order valence-electron chi connectivity index (χ2n) is 6.21. The van der Waals surface area contributed by atoms with Gasteiger partial charge in [-0.15, -0.1) is 0 Å². The van der Waals surface area contributed by atoms with E-state index in [1.807, 2.05) is 0 Å². The molecule has 7 heteroatoms. The van der Waals surface area contributed by atoms with Gasteiger partial charge in [-0.2, -0.15) is 0 Å². The molecule has 0 atom stereocenters. The molecular formula is C20H14N2O5. The average Bonchev–Trinajstić information content (AvgIpc) is 2.92. The molecule has 27 heavy (non-hydrogen) atoms. The number of imide groups is 1. The molecule has 0 spiro atoms. The number of aryl methyl sites for hydroxylation is 1. The molecule has 0 unspecified atom stereocenters. The van der Waals surface area contributed by atoms with Crippen molar-refractivity contribution in [2.75, 3.05) is 0 Å². The Morgan fingerprint density at radius 1 is 0.889 bits per heavy atom. The van der Waals surface area contributed by atoms with E-state index in [9.17, 15) is 19.2 Å². The highest BCUT2D eigenvalue weighted by Crippen LogP contribution is 2.25. The first kappa shape index (κ1) is 16.7. The van der Waals surface area contributed by atoms with Gasteiger partial charge in [0.25, 0.3) is 17.4 Å². The van der Waals surface area contributed by atoms with Crippen molar-refractivity contribution in [3.05, 3.63) is 81.1 Å². The van der Waals surface area contributed by atoms with Gasteiger partial charge in [0.1, 0.15) is 0 Å². The second kappa shape index (κ2) is 5.91. The number of hydrogen-bond donors (Lipinski definition) is 0. The van der Waals surface area contributed by atoms with Crippen LogP contribution in [0.5, 0.6) is 0 Å². The lowest BCUT2D eigenvalue weighted by Gasteiger charge is -2.16. The third-order valence-electron chi connectivity index (χ3n) is 4.67. The molecule has 0 radical (unpaired) electrons. The smallest absolute Gasteiger partial charge is 0.324 e. The molecule has 0 saturated carbocycles. The molecule has 134 valence electrons. The van der Waals surface area contributed by atoms with Crippen LogP contribution in [0.1, 0.15) is 36.6 Å². The molecule has 7 nitrogen and oxygen atoms in total. The van der Waals surface area contributed by atoms with Crippen molar-refractivity contribution < 1.29 is 19.2 Å². The fourth-order valence-electron chi connectivity index (χ4n) is 3.29. The van der Waals surface area contributed by atoms with E-state index in [1.165, 1.54) is 23.6 Å². The molecule has 4 rings (SSSR count). The standard InChI is InChI=1S/C20H14N2O5/c1-11-16(14-9-5-6-10-15(14)21(2)17(11)23)20(26)27-22-18(24)12-7-3-4-8-13(12)19(22)25/h3-10H,1-2H3. The molecule has 2 heterocycles. The predicted octanol–water partition coefficient (Wildman–Crippen LogP) is 2.21. The van der Waals surface area contributed by atoms with Gasteiger partial charge < -0.3 is 9.40 Å². The zero-order chi connectivity index (χ0) is 19.3. The van der Waals surface area contributed by atoms with E-state index in [0.29, 0.717) is 16.0 Å². The van der Waals surface area contributed by atoms with Gasteiger partial charge in [-0.05, 0) is 25.1 Å². The lowest BCUT2D eigenvalue weighted by Crippen LogP contribution is -2.34. The van der Waals surface area contributed by atoms with Crippen molar-refractivity contribution >= 4 is 28.7 Å². The Morgan fingerprint density at radius 2 is 1.44 bits per heavy atom. The van der Waals surface area contributed by atoms with Crippen LogP contribution >= 0.6 is 0 Å². The molecule has 2 amide bonds.